The molecule has 0 spiro atoms. The van der Waals surface area contributed by atoms with Crippen LogP contribution in [-0.2, 0) is 9.59 Å². The summed E-state index contributed by atoms with van der Waals surface area (Å²) in [6.07, 6.45) is 2.78. The summed E-state index contributed by atoms with van der Waals surface area (Å²) in [5, 5.41) is 20.3. The van der Waals surface area contributed by atoms with Crippen LogP contribution in [0.3, 0.4) is 0 Å². The highest BCUT2D eigenvalue weighted by molar-refractivity contribution is 6.11. The van der Waals surface area contributed by atoms with Crippen molar-refractivity contribution < 1.29 is 19.8 Å². The molecule has 0 saturated carbocycles. The third-order valence-electron chi connectivity index (χ3n) is 7.73. The number of rotatable bonds is 11. The fourth-order valence-electron chi connectivity index (χ4n) is 5.48. The number of anilines is 6. The Morgan fingerprint density at radius 2 is 0.583 bits per heavy atom. The summed E-state index contributed by atoms with van der Waals surface area (Å²) in [6.45, 7) is 0. The monoisotopic (exact) mass is 628 g/mol. The second-order valence-corrected chi connectivity index (χ2v) is 10.9. The van der Waals surface area contributed by atoms with E-state index >= 15 is 0 Å². The first-order chi connectivity index (χ1) is 23.5. The molecule has 6 nitrogen and oxygen atoms in total. The lowest BCUT2D eigenvalue weighted by Crippen LogP contribution is -2.12. The maximum atomic E-state index is 12.5. The number of carbonyl (C=O) groups is 2. The maximum Gasteiger partial charge on any atom is 0.336 e. The second-order valence-electron chi connectivity index (χ2n) is 10.9. The Balaban J connectivity index is 1.32. The van der Waals surface area contributed by atoms with E-state index in [4.69, 9.17) is 0 Å². The Morgan fingerprint density at radius 1 is 0.354 bits per heavy atom. The van der Waals surface area contributed by atoms with Crippen LogP contribution in [0.1, 0.15) is 11.1 Å². The van der Waals surface area contributed by atoms with Gasteiger partial charge in [-0.2, -0.15) is 0 Å². The van der Waals surface area contributed by atoms with E-state index in [1.54, 1.807) is 24.3 Å². The average Bonchev–Trinajstić information content (AvgIpc) is 3.13. The SMILES string of the molecule is O=C(O)C(=Cc1ccc(N(c2ccccc2)c2ccccc2)cc1)C(=Cc1ccc(N(c2ccccc2)c2ccccc2)cc1)C(=O)O. The van der Waals surface area contributed by atoms with E-state index in [2.05, 4.69) is 9.80 Å². The Labute approximate surface area is 279 Å². The van der Waals surface area contributed by atoms with E-state index < -0.39 is 11.9 Å². The lowest BCUT2D eigenvalue weighted by atomic mass is 9.99. The Morgan fingerprint density at radius 3 is 0.812 bits per heavy atom. The molecule has 0 fully saturated rings. The summed E-state index contributed by atoms with van der Waals surface area (Å²) in [5.41, 5.74) is 6.09. The Hall–Kier alpha value is -6.66. The zero-order chi connectivity index (χ0) is 33.3. The van der Waals surface area contributed by atoms with Crippen LogP contribution in [0.4, 0.5) is 34.1 Å². The van der Waals surface area contributed by atoms with Gasteiger partial charge in [0.05, 0.1) is 11.1 Å². The predicted octanol–water partition coefficient (Wildman–Crippen LogP) is 10.3. The van der Waals surface area contributed by atoms with Crippen molar-refractivity contribution in [3.8, 4) is 0 Å². The van der Waals surface area contributed by atoms with E-state index in [0.29, 0.717) is 11.1 Å². The van der Waals surface area contributed by atoms with Crippen molar-refractivity contribution in [2.75, 3.05) is 9.80 Å². The smallest absolute Gasteiger partial charge is 0.336 e. The summed E-state index contributed by atoms with van der Waals surface area (Å²) in [6, 6.07) is 54.4. The molecule has 0 bridgehead atoms. The van der Waals surface area contributed by atoms with Crippen molar-refractivity contribution in [1.29, 1.82) is 0 Å². The molecule has 0 saturated heterocycles. The van der Waals surface area contributed by atoms with E-state index in [1.807, 2.05) is 146 Å². The van der Waals surface area contributed by atoms with Gasteiger partial charge in [-0.25, -0.2) is 9.59 Å². The summed E-state index contributed by atoms with van der Waals surface area (Å²) in [5.74, 6) is -2.67. The number of hydrogen-bond donors (Lipinski definition) is 2. The van der Waals surface area contributed by atoms with Gasteiger partial charge in [0.15, 0.2) is 0 Å². The molecule has 0 amide bonds. The molecule has 6 aromatic carbocycles. The molecule has 234 valence electrons. The first-order valence-corrected chi connectivity index (χ1v) is 15.4. The van der Waals surface area contributed by atoms with Crippen molar-refractivity contribution in [2.24, 2.45) is 0 Å². The molecule has 0 aliphatic heterocycles. The minimum absolute atomic E-state index is 0.322. The highest BCUT2D eigenvalue weighted by Gasteiger charge is 2.21. The molecule has 0 aliphatic rings. The molecule has 2 N–H and O–H groups in total. The fourth-order valence-corrected chi connectivity index (χ4v) is 5.48. The zero-order valence-electron chi connectivity index (χ0n) is 25.9. The molecule has 6 rings (SSSR count). The Bertz CT molecular complexity index is 1810. The highest BCUT2D eigenvalue weighted by Crippen LogP contribution is 2.36. The number of benzene rings is 6. The lowest BCUT2D eigenvalue weighted by molar-refractivity contribution is -0.136. The van der Waals surface area contributed by atoms with Crippen LogP contribution >= 0.6 is 0 Å². The molecule has 0 atom stereocenters. The van der Waals surface area contributed by atoms with Gasteiger partial charge in [-0.3, -0.25) is 0 Å². The topological polar surface area (TPSA) is 81.1 Å². The van der Waals surface area contributed by atoms with Crippen LogP contribution < -0.4 is 9.80 Å². The van der Waals surface area contributed by atoms with Crippen molar-refractivity contribution in [2.45, 2.75) is 0 Å². The molecule has 0 radical (unpaired) electrons. The number of hydrogen-bond acceptors (Lipinski definition) is 4. The van der Waals surface area contributed by atoms with E-state index in [0.717, 1.165) is 34.1 Å². The number of aliphatic carboxylic acids is 2. The number of carboxylic acid groups (broad SMARTS) is 2. The molecule has 0 aliphatic carbocycles. The van der Waals surface area contributed by atoms with Gasteiger partial charge in [0.1, 0.15) is 0 Å². The number of carboxylic acids is 2. The van der Waals surface area contributed by atoms with E-state index in [-0.39, 0.29) is 11.1 Å². The highest BCUT2D eigenvalue weighted by atomic mass is 16.4. The third-order valence-corrected chi connectivity index (χ3v) is 7.73. The minimum atomic E-state index is -1.33. The molecule has 0 aromatic heterocycles. The van der Waals surface area contributed by atoms with Crippen LogP contribution in [0.15, 0.2) is 181 Å². The normalized spacial score (nSPS) is 11.5. The van der Waals surface area contributed by atoms with Crippen LogP contribution in [-0.4, -0.2) is 22.2 Å². The van der Waals surface area contributed by atoms with E-state index in [9.17, 15) is 19.8 Å². The molecular weight excluding hydrogens is 596 g/mol. The van der Waals surface area contributed by atoms with Gasteiger partial charge in [0, 0.05) is 34.1 Å². The fraction of sp³-hybridized carbons (Fsp3) is 0. The van der Waals surface area contributed by atoms with Crippen molar-refractivity contribution >= 4 is 58.2 Å². The van der Waals surface area contributed by atoms with Gasteiger partial charge >= 0.3 is 11.9 Å². The van der Waals surface area contributed by atoms with Crippen LogP contribution in [0, 0.1) is 0 Å². The first kappa shape index (κ1) is 31.3. The zero-order valence-corrected chi connectivity index (χ0v) is 25.9. The average molecular weight is 629 g/mol. The molecule has 48 heavy (non-hydrogen) atoms. The van der Waals surface area contributed by atoms with Crippen molar-refractivity contribution in [3.05, 3.63) is 192 Å². The largest absolute Gasteiger partial charge is 0.478 e. The number of para-hydroxylation sites is 4. The molecule has 6 aromatic rings. The molecule has 6 heteroatoms. The summed E-state index contributed by atoms with van der Waals surface area (Å²) < 4.78 is 0. The summed E-state index contributed by atoms with van der Waals surface area (Å²) in [7, 11) is 0. The predicted molar refractivity (Wildman–Crippen MR) is 193 cm³/mol. The van der Waals surface area contributed by atoms with Gasteiger partial charge in [-0.15, -0.1) is 0 Å². The van der Waals surface area contributed by atoms with Gasteiger partial charge in [-0.05, 0) is 96.1 Å². The maximum absolute atomic E-state index is 12.5. The van der Waals surface area contributed by atoms with Gasteiger partial charge < -0.3 is 20.0 Å². The third kappa shape index (κ3) is 7.25. The van der Waals surface area contributed by atoms with Gasteiger partial charge in [-0.1, -0.05) is 97.1 Å². The minimum Gasteiger partial charge on any atom is -0.478 e. The standard InChI is InChI=1S/C42H32N2O4/c45-41(46)39(29-31-21-25-37(26-22-31)43(33-13-5-1-6-14-33)34-15-7-2-8-16-34)40(42(47)48)30-32-23-27-38(28-24-32)44(35-17-9-3-10-18-35)36-19-11-4-12-20-36/h1-30H,(H,45,46)(H,47,48). The van der Waals surface area contributed by atoms with E-state index in [1.165, 1.54) is 12.2 Å². The second kappa shape index (κ2) is 14.6. The number of nitrogens with zero attached hydrogens (tertiary/aromatic N) is 2. The summed E-state index contributed by atoms with van der Waals surface area (Å²) in [4.78, 5) is 29.1. The quantitative estimate of drug-likeness (QED) is 0.110. The van der Waals surface area contributed by atoms with Crippen LogP contribution in [0.25, 0.3) is 12.2 Å². The summed E-state index contributed by atoms with van der Waals surface area (Å²) >= 11 is 0. The first-order valence-electron chi connectivity index (χ1n) is 15.4. The van der Waals surface area contributed by atoms with Gasteiger partial charge in [0.2, 0.25) is 0 Å². The molecule has 0 unspecified atom stereocenters. The van der Waals surface area contributed by atoms with Crippen LogP contribution in [0.5, 0.6) is 0 Å². The molecular formula is C42H32N2O4. The lowest BCUT2D eigenvalue weighted by Gasteiger charge is -2.25. The Kier molecular flexibility index (Phi) is 9.54. The van der Waals surface area contributed by atoms with Crippen molar-refractivity contribution in [1.82, 2.24) is 0 Å². The van der Waals surface area contributed by atoms with Gasteiger partial charge in [0.25, 0.3) is 0 Å². The van der Waals surface area contributed by atoms with Crippen LogP contribution in [0.2, 0.25) is 0 Å². The van der Waals surface area contributed by atoms with Crippen molar-refractivity contribution in [3.63, 3.8) is 0 Å². The molecule has 0 heterocycles.